The van der Waals surface area contributed by atoms with Crippen molar-refractivity contribution in [1.29, 1.82) is 0 Å². The first-order valence-electron chi connectivity index (χ1n) is 5.66. The first-order valence-corrected chi connectivity index (χ1v) is 6.83. The topological polar surface area (TPSA) is 43.4 Å². The molecule has 1 aliphatic rings. The minimum Gasteiger partial charge on any atom is -0.454 e. The van der Waals surface area contributed by atoms with Gasteiger partial charge in [0.25, 0.3) is 0 Å². The average Bonchev–Trinajstić information content (AvgIpc) is 2.83. The normalized spacial score (nSPS) is 12.5. The molecule has 0 spiro atoms. The van der Waals surface area contributed by atoms with E-state index in [-0.39, 0.29) is 6.79 Å². The van der Waals surface area contributed by atoms with Crippen molar-refractivity contribution in [2.24, 2.45) is 0 Å². The molecule has 0 fully saturated rings. The van der Waals surface area contributed by atoms with Crippen LogP contribution in [0.3, 0.4) is 0 Å². The smallest absolute Gasteiger partial charge is 0.231 e. The van der Waals surface area contributed by atoms with Crippen LogP contribution in [0, 0.1) is 0 Å². The fraction of sp³-hybridized carbons (Fsp3) is 0.154. The van der Waals surface area contributed by atoms with E-state index in [0.717, 1.165) is 27.2 Å². The van der Waals surface area contributed by atoms with Crippen LogP contribution in [0.15, 0.2) is 34.9 Å². The Hall–Kier alpha value is -1.46. The Morgan fingerprint density at radius 2 is 2.05 bits per heavy atom. The van der Waals surface area contributed by atoms with E-state index in [2.05, 4.69) is 26.2 Å². The van der Waals surface area contributed by atoms with Gasteiger partial charge < -0.3 is 14.8 Å². The maximum absolute atomic E-state index is 5.84. The Morgan fingerprint density at radius 1 is 1.26 bits per heavy atom. The molecule has 2 heterocycles. The van der Waals surface area contributed by atoms with E-state index >= 15 is 0 Å². The predicted molar refractivity (Wildman–Crippen MR) is 76.8 cm³/mol. The number of nitrogens with one attached hydrogen (secondary N) is 1. The molecule has 4 nitrogen and oxygen atoms in total. The number of aromatic nitrogens is 1. The zero-order chi connectivity index (χ0) is 13.2. The summed E-state index contributed by atoms with van der Waals surface area (Å²) >= 11 is 9.36. The minimum atomic E-state index is 0.276. The van der Waals surface area contributed by atoms with Crippen molar-refractivity contribution in [3.05, 3.63) is 45.7 Å². The lowest BCUT2D eigenvalue weighted by molar-refractivity contribution is 0.174. The molecule has 1 aromatic carbocycles. The van der Waals surface area contributed by atoms with Crippen LogP contribution in [-0.2, 0) is 6.54 Å². The number of rotatable bonds is 3. The zero-order valence-corrected chi connectivity index (χ0v) is 12.2. The van der Waals surface area contributed by atoms with Crippen molar-refractivity contribution in [2.45, 2.75) is 6.54 Å². The Morgan fingerprint density at radius 3 is 2.84 bits per heavy atom. The van der Waals surface area contributed by atoms with Gasteiger partial charge in [0.05, 0.1) is 0 Å². The summed E-state index contributed by atoms with van der Waals surface area (Å²) in [5, 5.41) is 3.75. The van der Waals surface area contributed by atoms with Gasteiger partial charge in [0.2, 0.25) is 6.79 Å². The Kier molecular flexibility index (Phi) is 3.48. The number of ether oxygens (including phenoxy) is 2. The molecule has 1 aromatic heterocycles. The van der Waals surface area contributed by atoms with Crippen molar-refractivity contribution in [3.63, 3.8) is 0 Å². The number of fused-ring (bicyclic) bond motifs is 1. The summed E-state index contributed by atoms with van der Waals surface area (Å²) in [7, 11) is 0. The van der Waals surface area contributed by atoms with Crippen LogP contribution >= 0.6 is 27.5 Å². The van der Waals surface area contributed by atoms with Gasteiger partial charge in [-0.3, -0.25) is 0 Å². The summed E-state index contributed by atoms with van der Waals surface area (Å²) in [5.74, 6) is 1.54. The third-order valence-corrected chi connectivity index (χ3v) is 3.70. The summed E-state index contributed by atoms with van der Waals surface area (Å²) in [6.07, 6.45) is 1.67. The summed E-state index contributed by atoms with van der Waals surface area (Å²) in [6.45, 7) is 0.927. The van der Waals surface area contributed by atoms with E-state index in [1.807, 2.05) is 18.2 Å². The van der Waals surface area contributed by atoms with Gasteiger partial charge in [0.1, 0.15) is 5.15 Å². The number of halogens is 2. The maximum atomic E-state index is 5.84. The zero-order valence-electron chi connectivity index (χ0n) is 9.82. The Bertz CT molecular complexity index is 622. The molecule has 0 atom stereocenters. The number of nitrogens with zero attached hydrogens (tertiary/aromatic N) is 1. The summed E-state index contributed by atoms with van der Waals surface area (Å²) in [6, 6.07) is 7.52. The number of hydrogen-bond donors (Lipinski definition) is 1. The van der Waals surface area contributed by atoms with Crippen molar-refractivity contribution < 1.29 is 9.47 Å². The third-order valence-electron chi connectivity index (χ3n) is 2.75. The first-order chi connectivity index (χ1) is 9.22. The number of hydrogen-bond acceptors (Lipinski definition) is 4. The number of anilines is 1. The molecule has 0 aliphatic carbocycles. The lowest BCUT2D eigenvalue weighted by atomic mass is 10.2. The van der Waals surface area contributed by atoms with Crippen LogP contribution in [-0.4, -0.2) is 11.8 Å². The molecule has 2 aromatic rings. The molecule has 3 rings (SSSR count). The number of pyridine rings is 1. The fourth-order valence-electron chi connectivity index (χ4n) is 1.80. The van der Waals surface area contributed by atoms with Crippen LogP contribution < -0.4 is 14.8 Å². The highest BCUT2D eigenvalue weighted by Gasteiger charge is 2.16. The lowest BCUT2D eigenvalue weighted by Crippen LogP contribution is -2.00. The fourth-order valence-corrected chi connectivity index (χ4v) is 2.44. The molecule has 0 radical (unpaired) electrons. The van der Waals surface area contributed by atoms with E-state index in [4.69, 9.17) is 21.1 Å². The van der Waals surface area contributed by atoms with Crippen LogP contribution in [0.25, 0.3) is 0 Å². The second-order valence-electron chi connectivity index (χ2n) is 4.02. The Balaban J connectivity index is 1.77. The van der Waals surface area contributed by atoms with Gasteiger partial charge in [-0.05, 0) is 29.8 Å². The predicted octanol–water partition coefficient (Wildman–Crippen LogP) is 3.84. The SMILES string of the molecule is Clc1cc(NCc2cc3c(cc2Br)OCO3)ccn1. The molecule has 0 saturated heterocycles. The van der Waals surface area contributed by atoms with Crippen LogP contribution in [0.4, 0.5) is 5.69 Å². The molecule has 0 unspecified atom stereocenters. The molecular formula is C13H10BrClN2O2. The van der Waals surface area contributed by atoms with Gasteiger partial charge in [-0.2, -0.15) is 0 Å². The Labute approximate surface area is 123 Å². The molecule has 1 N–H and O–H groups in total. The molecule has 1 aliphatic heterocycles. The monoisotopic (exact) mass is 340 g/mol. The second-order valence-corrected chi connectivity index (χ2v) is 5.26. The van der Waals surface area contributed by atoms with Gasteiger partial charge in [0.15, 0.2) is 11.5 Å². The van der Waals surface area contributed by atoms with Crippen molar-refractivity contribution in [3.8, 4) is 11.5 Å². The molecule has 6 heteroatoms. The third kappa shape index (κ3) is 2.77. The lowest BCUT2D eigenvalue weighted by Gasteiger charge is -2.09. The van der Waals surface area contributed by atoms with E-state index < -0.39 is 0 Å². The molecule has 0 amide bonds. The van der Waals surface area contributed by atoms with Gasteiger partial charge in [-0.25, -0.2) is 4.98 Å². The van der Waals surface area contributed by atoms with E-state index in [1.54, 1.807) is 12.3 Å². The summed E-state index contributed by atoms with van der Waals surface area (Å²) in [4.78, 5) is 3.94. The van der Waals surface area contributed by atoms with E-state index in [0.29, 0.717) is 11.7 Å². The summed E-state index contributed by atoms with van der Waals surface area (Å²) in [5.41, 5.74) is 2.00. The van der Waals surface area contributed by atoms with E-state index in [1.165, 1.54) is 0 Å². The minimum absolute atomic E-state index is 0.276. The highest BCUT2D eigenvalue weighted by atomic mass is 79.9. The van der Waals surface area contributed by atoms with Gasteiger partial charge in [-0.15, -0.1) is 0 Å². The standard InChI is InChI=1S/C13H10BrClN2O2/c14-10-5-12-11(18-7-19-12)3-8(10)6-17-9-1-2-16-13(15)4-9/h1-5H,6-7H2,(H,16,17). The maximum Gasteiger partial charge on any atom is 0.231 e. The molecule has 0 saturated carbocycles. The van der Waals surface area contributed by atoms with Crippen LogP contribution in [0.2, 0.25) is 5.15 Å². The van der Waals surface area contributed by atoms with Crippen molar-refractivity contribution in [1.82, 2.24) is 4.98 Å². The first kappa shape index (κ1) is 12.6. The molecule has 19 heavy (non-hydrogen) atoms. The van der Waals surface area contributed by atoms with Crippen LogP contribution in [0.1, 0.15) is 5.56 Å². The van der Waals surface area contributed by atoms with E-state index in [9.17, 15) is 0 Å². The van der Waals surface area contributed by atoms with Gasteiger partial charge >= 0.3 is 0 Å². The largest absolute Gasteiger partial charge is 0.454 e. The quantitative estimate of drug-likeness (QED) is 0.862. The van der Waals surface area contributed by atoms with Crippen LogP contribution in [0.5, 0.6) is 11.5 Å². The van der Waals surface area contributed by atoms with Gasteiger partial charge in [0, 0.05) is 22.9 Å². The highest BCUT2D eigenvalue weighted by molar-refractivity contribution is 9.10. The molecule has 98 valence electrons. The number of benzene rings is 1. The van der Waals surface area contributed by atoms with Gasteiger partial charge in [-0.1, -0.05) is 27.5 Å². The second kappa shape index (κ2) is 5.27. The average molecular weight is 342 g/mol. The molecule has 0 bridgehead atoms. The summed E-state index contributed by atoms with van der Waals surface area (Å²) < 4.78 is 11.7. The highest BCUT2D eigenvalue weighted by Crippen LogP contribution is 2.37. The van der Waals surface area contributed by atoms with Crippen molar-refractivity contribution >= 4 is 33.2 Å². The van der Waals surface area contributed by atoms with Crippen molar-refractivity contribution in [2.75, 3.05) is 12.1 Å². The molecular weight excluding hydrogens is 332 g/mol.